The Balaban J connectivity index is 2.56. The Hall–Kier alpha value is -1.52. The van der Waals surface area contributed by atoms with Gasteiger partial charge in [0, 0.05) is 6.42 Å². The highest BCUT2D eigenvalue weighted by molar-refractivity contribution is 5.42. The smallest absolute Gasteiger partial charge is 0.161 e. The van der Waals surface area contributed by atoms with Crippen molar-refractivity contribution in [2.45, 2.75) is 18.9 Å². The van der Waals surface area contributed by atoms with E-state index in [-0.39, 0.29) is 19.0 Å². The summed E-state index contributed by atoms with van der Waals surface area (Å²) < 4.78 is 5.34. The number of hydrogen-bond donors (Lipinski definition) is 3. The van der Waals surface area contributed by atoms with Gasteiger partial charge in [-0.15, -0.1) is 6.58 Å². The van der Waals surface area contributed by atoms with E-state index in [4.69, 9.17) is 14.9 Å². The molecule has 17 heavy (non-hydrogen) atoms. The van der Waals surface area contributed by atoms with Crippen LogP contribution in [0, 0.1) is 0 Å². The van der Waals surface area contributed by atoms with E-state index < -0.39 is 6.10 Å². The summed E-state index contributed by atoms with van der Waals surface area (Å²) in [5.74, 6) is 0.450. The van der Waals surface area contributed by atoms with Gasteiger partial charge in [-0.2, -0.15) is 0 Å². The molecule has 0 saturated carbocycles. The van der Waals surface area contributed by atoms with Gasteiger partial charge in [0.05, 0.1) is 19.3 Å². The van der Waals surface area contributed by atoms with Gasteiger partial charge in [-0.25, -0.2) is 0 Å². The first kappa shape index (κ1) is 13.5. The molecule has 1 atom stereocenters. The first-order valence-corrected chi connectivity index (χ1v) is 5.52. The van der Waals surface area contributed by atoms with E-state index in [2.05, 4.69) is 6.58 Å². The van der Waals surface area contributed by atoms with E-state index in [1.165, 1.54) is 0 Å². The molecule has 4 heteroatoms. The van der Waals surface area contributed by atoms with Crippen molar-refractivity contribution < 1.29 is 20.1 Å². The highest BCUT2D eigenvalue weighted by Crippen LogP contribution is 2.27. The second-order valence-corrected chi connectivity index (χ2v) is 3.77. The quantitative estimate of drug-likeness (QED) is 0.625. The SMILES string of the molecule is C=CCc1ccc(O)c(OCCC(O)CO)c1. The largest absolute Gasteiger partial charge is 0.504 e. The van der Waals surface area contributed by atoms with E-state index in [0.717, 1.165) is 5.56 Å². The molecule has 0 aliphatic heterocycles. The molecule has 0 saturated heterocycles. The molecular weight excluding hydrogens is 220 g/mol. The lowest BCUT2D eigenvalue weighted by Gasteiger charge is -2.11. The number of ether oxygens (including phenoxy) is 1. The molecule has 0 aromatic heterocycles. The lowest BCUT2D eigenvalue weighted by molar-refractivity contribution is 0.0750. The summed E-state index contributed by atoms with van der Waals surface area (Å²) in [5.41, 5.74) is 0.996. The van der Waals surface area contributed by atoms with Gasteiger partial charge < -0.3 is 20.1 Å². The number of phenols is 1. The number of hydrogen-bond acceptors (Lipinski definition) is 4. The Morgan fingerprint density at radius 1 is 1.41 bits per heavy atom. The molecule has 0 amide bonds. The minimum Gasteiger partial charge on any atom is -0.504 e. The van der Waals surface area contributed by atoms with Crippen molar-refractivity contribution in [2.24, 2.45) is 0 Å². The van der Waals surface area contributed by atoms with Gasteiger partial charge in [0.2, 0.25) is 0 Å². The fourth-order valence-corrected chi connectivity index (χ4v) is 1.36. The lowest BCUT2D eigenvalue weighted by Crippen LogP contribution is -2.15. The van der Waals surface area contributed by atoms with Gasteiger partial charge in [0.1, 0.15) is 0 Å². The summed E-state index contributed by atoms with van der Waals surface area (Å²) in [6.07, 6.45) is 2.01. The zero-order chi connectivity index (χ0) is 12.7. The summed E-state index contributed by atoms with van der Waals surface area (Å²) >= 11 is 0. The fraction of sp³-hybridized carbons (Fsp3) is 0.385. The van der Waals surface area contributed by atoms with Gasteiger partial charge in [0.25, 0.3) is 0 Å². The molecule has 94 valence electrons. The van der Waals surface area contributed by atoms with Crippen LogP contribution in [0.3, 0.4) is 0 Å². The standard InChI is InChI=1S/C13H18O4/c1-2-3-10-4-5-12(16)13(8-10)17-7-6-11(15)9-14/h2,4-5,8,11,14-16H,1,3,6-7,9H2. The molecule has 0 heterocycles. The molecule has 0 radical (unpaired) electrons. The van der Waals surface area contributed by atoms with E-state index in [1.807, 2.05) is 0 Å². The van der Waals surface area contributed by atoms with Crippen molar-refractivity contribution in [1.29, 1.82) is 0 Å². The van der Waals surface area contributed by atoms with E-state index >= 15 is 0 Å². The minimum absolute atomic E-state index is 0.0660. The number of phenolic OH excluding ortho intramolecular Hbond substituents is 1. The molecule has 0 spiro atoms. The maximum Gasteiger partial charge on any atom is 0.161 e. The van der Waals surface area contributed by atoms with Crippen LogP contribution in [0.4, 0.5) is 0 Å². The molecule has 0 aliphatic carbocycles. The topological polar surface area (TPSA) is 69.9 Å². The van der Waals surface area contributed by atoms with Crippen LogP contribution in [0.5, 0.6) is 11.5 Å². The highest BCUT2D eigenvalue weighted by Gasteiger charge is 2.06. The summed E-state index contributed by atoms with van der Waals surface area (Å²) in [7, 11) is 0. The lowest BCUT2D eigenvalue weighted by atomic mass is 10.1. The van der Waals surface area contributed by atoms with Crippen LogP contribution in [-0.4, -0.2) is 34.6 Å². The third kappa shape index (κ3) is 4.46. The normalized spacial score (nSPS) is 12.1. The second kappa shape index (κ2) is 6.93. The monoisotopic (exact) mass is 238 g/mol. The fourth-order valence-electron chi connectivity index (χ4n) is 1.36. The minimum atomic E-state index is -0.784. The van der Waals surface area contributed by atoms with Crippen LogP contribution in [0.1, 0.15) is 12.0 Å². The number of rotatable bonds is 7. The Bertz CT molecular complexity index is 362. The van der Waals surface area contributed by atoms with E-state index in [9.17, 15) is 5.11 Å². The van der Waals surface area contributed by atoms with E-state index in [0.29, 0.717) is 18.6 Å². The van der Waals surface area contributed by atoms with Gasteiger partial charge in [-0.1, -0.05) is 12.1 Å². The third-order valence-corrected chi connectivity index (χ3v) is 2.32. The van der Waals surface area contributed by atoms with Crippen molar-refractivity contribution in [3.8, 4) is 11.5 Å². The van der Waals surface area contributed by atoms with Crippen molar-refractivity contribution in [3.05, 3.63) is 36.4 Å². The average Bonchev–Trinajstić information content (AvgIpc) is 2.33. The van der Waals surface area contributed by atoms with Crippen molar-refractivity contribution in [1.82, 2.24) is 0 Å². The second-order valence-electron chi connectivity index (χ2n) is 3.77. The maximum absolute atomic E-state index is 9.56. The highest BCUT2D eigenvalue weighted by atomic mass is 16.5. The number of allylic oxidation sites excluding steroid dienone is 1. The molecule has 1 unspecified atom stereocenters. The summed E-state index contributed by atoms with van der Waals surface area (Å²) in [4.78, 5) is 0. The van der Waals surface area contributed by atoms with Crippen LogP contribution < -0.4 is 4.74 Å². The molecule has 3 N–H and O–H groups in total. The van der Waals surface area contributed by atoms with Crippen LogP contribution in [-0.2, 0) is 6.42 Å². The third-order valence-electron chi connectivity index (χ3n) is 2.32. The average molecular weight is 238 g/mol. The predicted molar refractivity (Wildman–Crippen MR) is 65.2 cm³/mol. The molecule has 0 bridgehead atoms. The Kier molecular flexibility index (Phi) is 5.52. The Labute approximate surface area is 101 Å². The van der Waals surface area contributed by atoms with Gasteiger partial charge >= 0.3 is 0 Å². The van der Waals surface area contributed by atoms with Crippen molar-refractivity contribution in [3.63, 3.8) is 0 Å². The zero-order valence-electron chi connectivity index (χ0n) is 9.67. The molecule has 1 rings (SSSR count). The molecule has 4 nitrogen and oxygen atoms in total. The predicted octanol–water partition coefficient (Wildman–Crippen LogP) is 1.24. The maximum atomic E-state index is 9.56. The number of aromatic hydroxyl groups is 1. The number of benzene rings is 1. The summed E-state index contributed by atoms with van der Waals surface area (Å²) in [6.45, 7) is 3.60. The first-order chi connectivity index (χ1) is 8.17. The Morgan fingerprint density at radius 2 is 2.18 bits per heavy atom. The summed E-state index contributed by atoms with van der Waals surface area (Å²) in [6, 6.07) is 5.10. The molecular formula is C13H18O4. The number of aliphatic hydroxyl groups excluding tert-OH is 2. The van der Waals surface area contributed by atoms with Gasteiger partial charge in [-0.3, -0.25) is 0 Å². The number of aliphatic hydroxyl groups is 2. The first-order valence-electron chi connectivity index (χ1n) is 5.52. The molecule has 0 aliphatic rings. The molecule has 1 aromatic rings. The van der Waals surface area contributed by atoms with Gasteiger partial charge in [0.15, 0.2) is 11.5 Å². The van der Waals surface area contributed by atoms with Crippen LogP contribution >= 0.6 is 0 Å². The van der Waals surface area contributed by atoms with Crippen molar-refractivity contribution >= 4 is 0 Å². The van der Waals surface area contributed by atoms with E-state index in [1.54, 1.807) is 24.3 Å². The zero-order valence-corrected chi connectivity index (χ0v) is 9.67. The van der Waals surface area contributed by atoms with Crippen LogP contribution in [0.2, 0.25) is 0 Å². The summed E-state index contributed by atoms with van der Waals surface area (Å²) in [5, 5.41) is 27.3. The Morgan fingerprint density at radius 3 is 2.82 bits per heavy atom. The van der Waals surface area contributed by atoms with Crippen LogP contribution in [0.25, 0.3) is 0 Å². The van der Waals surface area contributed by atoms with Gasteiger partial charge in [-0.05, 0) is 24.1 Å². The van der Waals surface area contributed by atoms with Crippen molar-refractivity contribution in [2.75, 3.05) is 13.2 Å². The molecule has 0 fully saturated rings. The van der Waals surface area contributed by atoms with Crippen LogP contribution in [0.15, 0.2) is 30.9 Å². The molecule has 1 aromatic carbocycles.